The van der Waals surface area contributed by atoms with Gasteiger partial charge in [-0.25, -0.2) is 4.98 Å². The van der Waals surface area contributed by atoms with Gasteiger partial charge in [0.25, 0.3) is 0 Å². The van der Waals surface area contributed by atoms with E-state index >= 15 is 0 Å². The number of pyridine rings is 1. The number of benzene rings is 2. The van der Waals surface area contributed by atoms with Crippen molar-refractivity contribution in [3.63, 3.8) is 0 Å². The van der Waals surface area contributed by atoms with E-state index in [0.29, 0.717) is 43.1 Å². The van der Waals surface area contributed by atoms with Crippen molar-refractivity contribution in [3.8, 4) is 23.8 Å². The van der Waals surface area contributed by atoms with Crippen LogP contribution in [0.1, 0.15) is 40.3 Å². The molecule has 4 unspecified atom stereocenters. The Morgan fingerprint density at radius 1 is 1.05 bits per heavy atom. The highest BCUT2D eigenvalue weighted by Gasteiger charge is 2.73. The predicted molar refractivity (Wildman–Crippen MR) is 146 cm³/mol. The van der Waals surface area contributed by atoms with Crippen molar-refractivity contribution < 1.29 is 24.4 Å². The van der Waals surface area contributed by atoms with Crippen LogP contribution in [0.15, 0.2) is 60.7 Å². The fourth-order valence-electron chi connectivity index (χ4n) is 6.67. The van der Waals surface area contributed by atoms with Gasteiger partial charge in [-0.3, -0.25) is 4.90 Å². The SMILES string of the molecule is CO.COc1nc(C#N)cc2c1C1(O)C(CN3CCOCC3)CC(c3ccccc3)C1(c1ccc(C#N)cc1)O2. The van der Waals surface area contributed by atoms with Gasteiger partial charge in [-0.2, -0.15) is 10.5 Å². The zero-order chi connectivity index (χ0) is 28.3. The topological polar surface area (TPSA) is 132 Å². The first kappa shape index (κ1) is 27.6. The van der Waals surface area contributed by atoms with Gasteiger partial charge in [0.1, 0.15) is 23.1 Å². The van der Waals surface area contributed by atoms with Crippen LogP contribution in [-0.2, 0) is 15.9 Å². The molecule has 1 aliphatic carbocycles. The second-order valence-corrected chi connectivity index (χ2v) is 10.1. The minimum absolute atomic E-state index is 0.153. The molecule has 3 aliphatic rings. The van der Waals surface area contributed by atoms with Crippen molar-refractivity contribution in [3.05, 3.63) is 88.6 Å². The second-order valence-electron chi connectivity index (χ2n) is 10.1. The molecule has 1 saturated carbocycles. The van der Waals surface area contributed by atoms with E-state index in [1.807, 2.05) is 30.3 Å². The fourth-order valence-corrected chi connectivity index (χ4v) is 6.67. The second kappa shape index (κ2) is 11.2. The molecule has 4 atom stereocenters. The smallest absolute Gasteiger partial charge is 0.224 e. The van der Waals surface area contributed by atoms with Crippen molar-refractivity contribution in [1.82, 2.24) is 9.88 Å². The zero-order valence-corrected chi connectivity index (χ0v) is 22.6. The molecule has 0 radical (unpaired) electrons. The number of morpholine rings is 1. The van der Waals surface area contributed by atoms with Crippen molar-refractivity contribution in [2.45, 2.75) is 23.5 Å². The number of ether oxygens (including phenoxy) is 3. The van der Waals surface area contributed by atoms with E-state index in [1.165, 1.54) is 7.11 Å². The molecule has 2 aliphatic heterocycles. The first-order valence-electron chi connectivity index (χ1n) is 13.3. The first-order chi connectivity index (χ1) is 19.5. The van der Waals surface area contributed by atoms with Gasteiger partial charge in [0.15, 0.2) is 5.60 Å². The Balaban J connectivity index is 0.00000158. The Hall–Kier alpha value is -3.99. The number of hydrogen-bond donors (Lipinski definition) is 2. The average molecular weight is 541 g/mol. The number of hydrogen-bond acceptors (Lipinski definition) is 9. The molecule has 2 N–H and O–H groups in total. The monoisotopic (exact) mass is 540 g/mol. The maximum Gasteiger partial charge on any atom is 0.224 e. The van der Waals surface area contributed by atoms with Gasteiger partial charge in [-0.05, 0) is 29.7 Å². The van der Waals surface area contributed by atoms with Crippen LogP contribution in [0.2, 0.25) is 0 Å². The van der Waals surface area contributed by atoms with Crippen molar-refractivity contribution >= 4 is 0 Å². The molecule has 0 bridgehead atoms. The summed E-state index contributed by atoms with van der Waals surface area (Å²) in [7, 11) is 2.50. The van der Waals surface area contributed by atoms with Crippen LogP contribution in [0.4, 0.5) is 0 Å². The molecule has 2 fully saturated rings. The summed E-state index contributed by atoms with van der Waals surface area (Å²) < 4.78 is 18.2. The Morgan fingerprint density at radius 3 is 2.38 bits per heavy atom. The standard InChI is InChI=1S/C30H28N4O4.CH4O/c1-36-28-27-26(16-24(18-32)33-28)38-30(22-9-7-20(17-31)8-10-22)25(21-5-3-2-4-6-21)15-23(29(27,30)35)19-34-11-13-37-14-12-34;1-2/h2-10,16,23,25,35H,11-15,19H2,1H3;2H,1H3. The summed E-state index contributed by atoms with van der Waals surface area (Å²) in [6.45, 7) is 3.49. The lowest BCUT2D eigenvalue weighted by molar-refractivity contribution is -0.134. The van der Waals surface area contributed by atoms with Gasteiger partial charge >= 0.3 is 0 Å². The molecule has 3 heterocycles. The Morgan fingerprint density at radius 2 is 1.75 bits per heavy atom. The Bertz CT molecular complexity index is 1430. The molecule has 0 spiro atoms. The molecule has 9 heteroatoms. The van der Waals surface area contributed by atoms with Crippen LogP contribution >= 0.6 is 0 Å². The first-order valence-corrected chi connectivity index (χ1v) is 13.3. The largest absolute Gasteiger partial charge is 0.481 e. The molecule has 1 aromatic heterocycles. The number of methoxy groups -OCH3 is 1. The molecular formula is C31H32N4O5. The molecule has 40 heavy (non-hydrogen) atoms. The normalized spacial score (nSPS) is 26.8. The van der Waals surface area contributed by atoms with E-state index < -0.39 is 11.2 Å². The third-order valence-corrected chi connectivity index (χ3v) is 8.31. The number of rotatable bonds is 5. The molecule has 206 valence electrons. The highest BCUT2D eigenvalue weighted by Crippen LogP contribution is 2.70. The third kappa shape index (κ3) is 4.19. The summed E-state index contributed by atoms with van der Waals surface area (Å²) in [5.74, 6) is 0.118. The van der Waals surface area contributed by atoms with Crippen molar-refractivity contribution in [2.75, 3.05) is 47.1 Å². The van der Waals surface area contributed by atoms with E-state index in [4.69, 9.17) is 19.3 Å². The lowest BCUT2D eigenvalue weighted by Gasteiger charge is -2.42. The van der Waals surface area contributed by atoms with Crippen molar-refractivity contribution in [2.24, 2.45) is 5.92 Å². The lowest BCUT2D eigenvalue weighted by atomic mass is 9.70. The maximum atomic E-state index is 13.2. The van der Waals surface area contributed by atoms with Crippen LogP contribution in [0, 0.1) is 28.6 Å². The van der Waals surface area contributed by atoms with Gasteiger partial charge < -0.3 is 24.4 Å². The third-order valence-electron chi connectivity index (χ3n) is 8.31. The van der Waals surface area contributed by atoms with E-state index in [1.54, 1.807) is 18.2 Å². The molecule has 0 amide bonds. The predicted octanol–water partition coefficient (Wildman–Crippen LogP) is 3.05. The van der Waals surface area contributed by atoms with Crippen molar-refractivity contribution in [1.29, 1.82) is 10.5 Å². The summed E-state index contributed by atoms with van der Waals surface area (Å²) in [6.07, 6.45) is 0.653. The van der Waals surface area contributed by atoms with E-state index in [-0.39, 0.29) is 23.4 Å². The number of nitrogens with zero attached hydrogens (tertiary/aromatic N) is 4. The summed E-state index contributed by atoms with van der Waals surface area (Å²) in [6, 6.07) is 23.2. The number of aliphatic hydroxyl groups excluding tert-OH is 1. The fraction of sp³-hybridized carbons (Fsp3) is 0.387. The average Bonchev–Trinajstić information content (AvgIpc) is 3.43. The quantitative estimate of drug-likeness (QED) is 0.501. The summed E-state index contributed by atoms with van der Waals surface area (Å²) in [5.41, 5.74) is 0.190. The molecule has 6 rings (SSSR count). The van der Waals surface area contributed by atoms with E-state index in [0.717, 1.165) is 31.3 Å². The van der Waals surface area contributed by atoms with E-state index in [2.05, 4.69) is 34.2 Å². The number of nitriles is 2. The van der Waals surface area contributed by atoms with Gasteiger partial charge in [-0.1, -0.05) is 42.5 Å². The van der Waals surface area contributed by atoms with Crippen LogP contribution in [0.3, 0.4) is 0 Å². The number of aliphatic hydroxyl groups is 2. The van der Waals surface area contributed by atoms with Gasteiger partial charge in [0, 0.05) is 44.6 Å². The summed E-state index contributed by atoms with van der Waals surface area (Å²) >= 11 is 0. The molecule has 2 aromatic carbocycles. The molecule has 9 nitrogen and oxygen atoms in total. The Kier molecular flexibility index (Phi) is 7.75. The van der Waals surface area contributed by atoms with E-state index in [9.17, 15) is 15.6 Å². The highest BCUT2D eigenvalue weighted by atomic mass is 16.5. The van der Waals surface area contributed by atoms with Gasteiger partial charge in [0.2, 0.25) is 5.88 Å². The minimum Gasteiger partial charge on any atom is -0.481 e. The number of aromatic nitrogens is 1. The zero-order valence-electron chi connectivity index (χ0n) is 22.6. The Labute approximate surface area is 233 Å². The molecule has 1 saturated heterocycles. The number of fused-ring (bicyclic) bond motifs is 3. The summed E-state index contributed by atoms with van der Waals surface area (Å²) in [5, 5.41) is 39.3. The molecule has 3 aromatic rings. The van der Waals surface area contributed by atoms with Crippen LogP contribution in [0.25, 0.3) is 0 Å². The summed E-state index contributed by atoms with van der Waals surface area (Å²) in [4.78, 5) is 6.74. The minimum atomic E-state index is -1.53. The molecular weight excluding hydrogens is 508 g/mol. The van der Waals surface area contributed by atoms with Gasteiger partial charge in [0.05, 0.1) is 37.5 Å². The van der Waals surface area contributed by atoms with Crippen LogP contribution in [0.5, 0.6) is 11.6 Å². The van der Waals surface area contributed by atoms with Crippen LogP contribution < -0.4 is 9.47 Å². The lowest BCUT2D eigenvalue weighted by Crippen LogP contribution is -2.53. The van der Waals surface area contributed by atoms with Gasteiger partial charge in [-0.15, -0.1) is 0 Å². The highest BCUT2D eigenvalue weighted by molar-refractivity contribution is 5.59. The maximum absolute atomic E-state index is 13.2. The van der Waals surface area contributed by atoms with Crippen LogP contribution in [-0.4, -0.2) is 67.2 Å².